The first-order chi connectivity index (χ1) is 9.31. The number of piperidine rings is 1. The van der Waals surface area contributed by atoms with Crippen LogP contribution in [-0.4, -0.2) is 52.3 Å². The first-order valence-corrected chi connectivity index (χ1v) is 7.27. The maximum Gasteiger partial charge on any atom is 0.326 e. The van der Waals surface area contributed by atoms with E-state index in [0.29, 0.717) is 19.5 Å². The number of aliphatic hydroxyl groups is 1. The smallest absolute Gasteiger partial charge is 0.326 e. The van der Waals surface area contributed by atoms with E-state index in [-0.39, 0.29) is 24.0 Å². The van der Waals surface area contributed by atoms with Gasteiger partial charge in [-0.1, -0.05) is 13.8 Å². The fraction of sp³-hybridized carbons (Fsp3) is 0.857. The minimum Gasteiger partial charge on any atom is -0.480 e. The van der Waals surface area contributed by atoms with Gasteiger partial charge in [0.25, 0.3) is 0 Å². The number of carbonyl (C=O) groups is 2. The van der Waals surface area contributed by atoms with Crippen molar-refractivity contribution in [1.29, 1.82) is 0 Å². The number of amides is 2. The second-order valence-electron chi connectivity index (χ2n) is 6.03. The molecule has 3 N–H and O–H groups in total. The van der Waals surface area contributed by atoms with Crippen LogP contribution in [0.15, 0.2) is 0 Å². The van der Waals surface area contributed by atoms with Gasteiger partial charge >= 0.3 is 12.0 Å². The molecule has 1 unspecified atom stereocenters. The normalized spacial score (nSPS) is 19.8. The summed E-state index contributed by atoms with van der Waals surface area (Å²) >= 11 is 0. The summed E-state index contributed by atoms with van der Waals surface area (Å²) in [6.45, 7) is 6.75. The van der Waals surface area contributed by atoms with E-state index >= 15 is 0 Å². The number of nitrogens with zero attached hydrogens (tertiary/aromatic N) is 1. The predicted molar refractivity (Wildman–Crippen MR) is 75.4 cm³/mol. The molecule has 1 aliphatic rings. The summed E-state index contributed by atoms with van der Waals surface area (Å²) < 4.78 is 0. The van der Waals surface area contributed by atoms with Crippen molar-refractivity contribution in [3.63, 3.8) is 0 Å². The van der Waals surface area contributed by atoms with E-state index in [2.05, 4.69) is 5.32 Å². The zero-order valence-electron chi connectivity index (χ0n) is 12.5. The largest absolute Gasteiger partial charge is 0.480 e. The average Bonchev–Trinajstić information content (AvgIpc) is 2.37. The van der Waals surface area contributed by atoms with Crippen LogP contribution in [0.1, 0.15) is 40.0 Å². The van der Waals surface area contributed by atoms with Crippen LogP contribution in [0.3, 0.4) is 0 Å². The molecule has 0 aliphatic carbocycles. The molecule has 1 aliphatic heterocycles. The first-order valence-electron chi connectivity index (χ1n) is 7.27. The molecule has 1 rings (SSSR count). The van der Waals surface area contributed by atoms with Crippen molar-refractivity contribution < 1.29 is 19.8 Å². The summed E-state index contributed by atoms with van der Waals surface area (Å²) in [7, 11) is 0. The van der Waals surface area contributed by atoms with Crippen molar-refractivity contribution in [3.8, 4) is 0 Å². The Balaban J connectivity index is 2.48. The molecule has 1 fully saturated rings. The lowest BCUT2D eigenvalue weighted by Gasteiger charge is -2.34. The quantitative estimate of drug-likeness (QED) is 0.710. The van der Waals surface area contributed by atoms with Gasteiger partial charge in [-0.2, -0.15) is 0 Å². The predicted octanol–water partition coefficient (Wildman–Crippen LogP) is 1.29. The SMILES string of the molecule is CC(C)C[C@H](NC(=O)N1CCC(C(C)O)CC1)C(=O)O. The third-order valence-corrected chi connectivity index (χ3v) is 3.81. The molecule has 0 bridgehead atoms. The number of likely N-dealkylation sites (tertiary alicyclic amines) is 1. The van der Waals surface area contributed by atoms with Crippen LogP contribution in [0.2, 0.25) is 0 Å². The van der Waals surface area contributed by atoms with Crippen LogP contribution in [0.5, 0.6) is 0 Å². The maximum absolute atomic E-state index is 12.1. The van der Waals surface area contributed by atoms with Gasteiger partial charge in [0.2, 0.25) is 0 Å². The lowest BCUT2D eigenvalue weighted by molar-refractivity contribution is -0.139. The molecule has 2 amide bonds. The van der Waals surface area contributed by atoms with Gasteiger partial charge < -0.3 is 20.4 Å². The molecule has 0 aromatic carbocycles. The standard InChI is InChI=1S/C14H26N2O4/c1-9(2)8-12(13(18)19)15-14(20)16-6-4-11(5-7-16)10(3)17/h9-12,17H,4-8H2,1-3H3,(H,15,20)(H,18,19)/t10?,12-/m0/s1. The van der Waals surface area contributed by atoms with E-state index in [1.54, 1.807) is 11.8 Å². The molecule has 6 heteroatoms. The van der Waals surface area contributed by atoms with Crippen molar-refractivity contribution in [1.82, 2.24) is 10.2 Å². The molecule has 0 spiro atoms. The molecule has 1 heterocycles. The van der Waals surface area contributed by atoms with Gasteiger partial charge in [-0.25, -0.2) is 9.59 Å². The minimum atomic E-state index is -0.995. The number of hydrogen-bond donors (Lipinski definition) is 3. The lowest BCUT2D eigenvalue weighted by atomic mass is 9.92. The highest BCUT2D eigenvalue weighted by Gasteiger charge is 2.28. The number of carboxylic acids is 1. The van der Waals surface area contributed by atoms with Gasteiger partial charge in [0.05, 0.1) is 6.10 Å². The van der Waals surface area contributed by atoms with Crippen molar-refractivity contribution in [3.05, 3.63) is 0 Å². The van der Waals surface area contributed by atoms with Crippen molar-refractivity contribution in [2.75, 3.05) is 13.1 Å². The highest BCUT2D eigenvalue weighted by atomic mass is 16.4. The van der Waals surface area contributed by atoms with Gasteiger partial charge in [0.15, 0.2) is 0 Å². The second kappa shape index (κ2) is 7.47. The maximum atomic E-state index is 12.1. The van der Waals surface area contributed by atoms with Gasteiger partial charge in [-0.05, 0) is 38.0 Å². The van der Waals surface area contributed by atoms with E-state index in [0.717, 1.165) is 12.8 Å². The van der Waals surface area contributed by atoms with E-state index in [4.69, 9.17) is 5.11 Å². The zero-order valence-corrected chi connectivity index (χ0v) is 12.5. The van der Waals surface area contributed by atoms with Crippen LogP contribution in [0, 0.1) is 11.8 Å². The number of carbonyl (C=O) groups excluding carboxylic acids is 1. The Morgan fingerprint density at radius 1 is 1.25 bits per heavy atom. The molecule has 0 aromatic heterocycles. The fourth-order valence-corrected chi connectivity index (χ4v) is 2.52. The van der Waals surface area contributed by atoms with Crippen LogP contribution in [-0.2, 0) is 4.79 Å². The number of carboxylic acid groups (broad SMARTS) is 1. The molecule has 116 valence electrons. The van der Waals surface area contributed by atoms with Crippen LogP contribution in [0.4, 0.5) is 4.79 Å². The molecule has 0 radical (unpaired) electrons. The third kappa shape index (κ3) is 5.00. The summed E-state index contributed by atoms with van der Waals surface area (Å²) in [5.41, 5.74) is 0. The minimum absolute atomic E-state index is 0.206. The molecule has 1 saturated heterocycles. The number of aliphatic hydroxyl groups excluding tert-OH is 1. The number of nitrogens with one attached hydrogen (secondary N) is 1. The van der Waals surface area contributed by atoms with E-state index in [1.807, 2.05) is 13.8 Å². The topological polar surface area (TPSA) is 89.9 Å². The van der Waals surface area contributed by atoms with Crippen LogP contribution < -0.4 is 5.32 Å². The summed E-state index contributed by atoms with van der Waals surface area (Å²) in [6.07, 6.45) is 1.58. The Morgan fingerprint density at radius 3 is 2.20 bits per heavy atom. The number of hydrogen-bond acceptors (Lipinski definition) is 3. The number of aliphatic carboxylic acids is 1. The van der Waals surface area contributed by atoms with Crippen LogP contribution >= 0.6 is 0 Å². The monoisotopic (exact) mass is 286 g/mol. The van der Waals surface area contributed by atoms with Gasteiger partial charge in [0, 0.05) is 13.1 Å². The molecule has 0 aromatic rings. The Labute approximate surface area is 120 Å². The van der Waals surface area contributed by atoms with E-state index in [1.165, 1.54) is 0 Å². The number of rotatable bonds is 5. The van der Waals surface area contributed by atoms with E-state index < -0.39 is 12.0 Å². The summed E-state index contributed by atoms with van der Waals surface area (Å²) in [6, 6.07) is -1.15. The van der Waals surface area contributed by atoms with Crippen molar-refractivity contribution >= 4 is 12.0 Å². The number of urea groups is 1. The molecular formula is C14H26N2O4. The second-order valence-corrected chi connectivity index (χ2v) is 6.03. The van der Waals surface area contributed by atoms with Gasteiger partial charge in [-0.15, -0.1) is 0 Å². The molecular weight excluding hydrogens is 260 g/mol. The fourth-order valence-electron chi connectivity index (χ4n) is 2.52. The highest BCUT2D eigenvalue weighted by Crippen LogP contribution is 2.20. The highest BCUT2D eigenvalue weighted by molar-refractivity contribution is 5.82. The molecule has 2 atom stereocenters. The van der Waals surface area contributed by atoms with E-state index in [9.17, 15) is 14.7 Å². The summed E-state index contributed by atoms with van der Waals surface area (Å²) in [5, 5.41) is 21.2. The van der Waals surface area contributed by atoms with Gasteiger partial charge in [0.1, 0.15) is 6.04 Å². The van der Waals surface area contributed by atoms with Crippen molar-refractivity contribution in [2.24, 2.45) is 11.8 Å². The van der Waals surface area contributed by atoms with Crippen LogP contribution in [0.25, 0.3) is 0 Å². The average molecular weight is 286 g/mol. The van der Waals surface area contributed by atoms with Gasteiger partial charge in [-0.3, -0.25) is 0 Å². The Kier molecular flexibility index (Phi) is 6.26. The summed E-state index contributed by atoms with van der Waals surface area (Å²) in [5.74, 6) is -0.562. The third-order valence-electron chi connectivity index (χ3n) is 3.81. The molecule has 0 saturated carbocycles. The summed E-state index contributed by atoms with van der Waals surface area (Å²) in [4.78, 5) is 24.8. The Morgan fingerprint density at radius 2 is 1.80 bits per heavy atom. The lowest BCUT2D eigenvalue weighted by Crippen LogP contribution is -2.51. The first kappa shape index (κ1) is 16.8. The Hall–Kier alpha value is -1.30. The molecule has 20 heavy (non-hydrogen) atoms. The molecule has 6 nitrogen and oxygen atoms in total. The Bertz CT molecular complexity index is 336. The zero-order chi connectivity index (χ0) is 15.3. The van der Waals surface area contributed by atoms with Crippen molar-refractivity contribution in [2.45, 2.75) is 52.2 Å².